The van der Waals surface area contributed by atoms with Crippen LogP contribution in [0.2, 0.25) is 0 Å². The molecule has 0 amide bonds. The molecule has 1 fully saturated rings. The molecule has 1 aromatic rings. The molecule has 19 heavy (non-hydrogen) atoms. The van der Waals surface area contributed by atoms with E-state index in [0.717, 1.165) is 18.7 Å². The zero-order valence-electron chi connectivity index (χ0n) is 11.9. The summed E-state index contributed by atoms with van der Waals surface area (Å²) in [6.07, 6.45) is 7.62. The smallest absolute Gasteiger partial charge is 0.115 e. The second kappa shape index (κ2) is 6.40. The molecular formula is C16H26N2O. The minimum absolute atomic E-state index is 0.141. The van der Waals surface area contributed by atoms with Crippen LogP contribution in [-0.4, -0.2) is 29.1 Å². The van der Waals surface area contributed by atoms with E-state index in [2.05, 4.69) is 18.0 Å². The highest BCUT2D eigenvalue weighted by atomic mass is 16.3. The largest absolute Gasteiger partial charge is 0.508 e. The Balaban J connectivity index is 2.09. The third-order valence-corrected chi connectivity index (χ3v) is 4.55. The summed E-state index contributed by atoms with van der Waals surface area (Å²) in [5, 5.41) is 9.56. The Morgan fingerprint density at radius 2 is 1.89 bits per heavy atom. The molecule has 0 saturated heterocycles. The lowest BCUT2D eigenvalue weighted by atomic mass is 9.88. The van der Waals surface area contributed by atoms with Crippen molar-refractivity contribution in [2.45, 2.75) is 50.6 Å². The maximum Gasteiger partial charge on any atom is 0.115 e. The topological polar surface area (TPSA) is 49.5 Å². The summed E-state index contributed by atoms with van der Waals surface area (Å²) in [5.74, 6) is 0.341. The van der Waals surface area contributed by atoms with Gasteiger partial charge in [-0.1, -0.05) is 37.8 Å². The summed E-state index contributed by atoms with van der Waals surface area (Å²) < 4.78 is 0. The summed E-state index contributed by atoms with van der Waals surface area (Å²) in [5.41, 5.74) is 7.39. The predicted octanol–water partition coefficient (Wildman–Crippen LogP) is 2.88. The number of hydrogen-bond acceptors (Lipinski definition) is 3. The number of benzene rings is 1. The minimum atomic E-state index is 0.141. The second-order valence-electron chi connectivity index (χ2n) is 5.87. The Bertz CT molecular complexity index is 397. The molecule has 3 heteroatoms. The third kappa shape index (κ3) is 3.48. The van der Waals surface area contributed by atoms with Crippen LogP contribution in [0.5, 0.6) is 5.75 Å². The fourth-order valence-electron chi connectivity index (χ4n) is 3.22. The van der Waals surface area contributed by atoms with Crippen LogP contribution in [0.3, 0.4) is 0 Å². The molecule has 2 rings (SSSR count). The number of nitrogens with zero attached hydrogens (tertiary/aromatic N) is 1. The molecule has 0 aromatic heterocycles. The SMILES string of the molecule is CN(Cc1cccc(O)c1)C1(CN)CCCCCC1. The van der Waals surface area contributed by atoms with E-state index in [0.29, 0.717) is 5.75 Å². The molecule has 106 valence electrons. The quantitative estimate of drug-likeness (QED) is 0.820. The number of likely N-dealkylation sites (N-methyl/N-ethyl adjacent to an activating group) is 1. The van der Waals surface area contributed by atoms with Crippen molar-refractivity contribution < 1.29 is 5.11 Å². The van der Waals surface area contributed by atoms with E-state index in [1.54, 1.807) is 6.07 Å². The average molecular weight is 262 g/mol. The summed E-state index contributed by atoms with van der Waals surface area (Å²) >= 11 is 0. The molecule has 1 aromatic carbocycles. The zero-order chi connectivity index (χ0) is 13.7. The van der Waals surface area contributed by atoms with Gasteiger partial charge in [-0.2, -0.15) is 0 Å². The lowest BCUT2D eigenvalue weighted by Crippen LogP contribution is -2.51. The van der Waals surface area contributed by atoms with E-state index in [1.807, 2.05) is 12.1 Å². The van der Waals surface area contributed by atoms with Crippen LogP contribution in [-0.2, 0) is 6.54 Å². The predicted molar refractivity (Wildman–Crippen MR) is 79.1 cm³/mol. The van der Waals surface area contributed by atoms with Crippen LogP contribution >= 0.6 is 0 Å². The zero-order valence-corrected chi connectivity index (χ0v) is 11.9. The summed E-state index contributed by atoms with van der Waals surface area (Å²) in [6, 6.07) is 7.53. The van der Waals surface area contributed by atoms with Gasteiger partial charge in [-0.25, -0.2) is 0 Å². The first kappa shape index (κ1) is 14.4. The molecular weight excluding hydrogens is 236 g/mol. The number of hydrogen-bond donors (Lipinski definition) is 2. The molecule has 0 unspecified atom stereocenters. The van der Waals surface area contributed by atoms with Gasteiger partial charge in [0, 0.05) is 18.6 Å². The van der Waals surface area contributed by atoms with Gasteiger partial charge in [0.15, 0.2) is 0 Å². The van der Waals surface area contributed by atoms with Gasteiger partial charge >= 0.3 is 0 Å². The molecule has 3 nitrogen and oxygen atoms in total. The fraction of sp³-hybridized carbons (Fsp3) is 0.625. The lowest BCUT2D eigenvalue weighted by molar-refractivity contribution is 0.0996. The van der Waals surface area contributed by atoms with Gasteiger partial charge in [0.2, 0.25) is 0 Å². The summed E-state index contributed by atoms with van der Waals surface area (Å²) in [7, 11) is 2.17. The average Bonchev–Trinajstić information content (AvgIpc) is 2.65. The van der Waals surface area contributed by atoms with Gasteiger partial charge in [-0.3, -0.25) is 4.90 Å². The molecule has 1 aliphatic rings. The Morgan fingerprint density at radius 1 is 1.21 bits per heavy atom. The van der Waals surface area contributed by atoms with Gasteiger partial charge in [-0.15, -0.1) is 0 Å². The number of nitrogens with two attached hydrogens (primary N) is 1. The first-order valence-electron chi connectivity index (χ1n) is 7.35. The molecule has 3 N–H and O–H groups in total. The van der Waals surface area contributed by atoms with E-state index in [4.69, 9.17) is 5.73 Å². The van der Waals surface area contributed by atoms with Crippen molar-refractivity contribution in [1.29, 1.82) is 0 Å². The lowest BCUT2D eigenvalue weighted by Gasteiger charge is -2.41. The van der Waals surface area contributed by atoms with Gasteiger partial charge in [0.05, 0.1) is 0 Å². The highest BCUT2D eigenvalue weighted by Crippen LogP contribution is 2.32. The maximum absolute atomic E-state index is 9.56. The van der Waals surface area contributed by atoms with Crippen molar-refractivity contribution in [3.63, 3.8) is 0 Å². The molecule has 0 spiro atoms. The van der Waals surface area contributed by atoms with Crippen molar-refractivity contribution in [3.8, 4) is 5.75 Å². The number of aromatic hydroxyl groups is 1. The van der Waals surface area contributed by atoms with E-state index in [9.17, 15) is 5.11 Å². The van der Waals surface area contributed by atoms with Crippen molar-refractivity contribution >= 4 is 0 Å². The van der Waals surface area contributed by atoms with Gasteiger partial charge < -0.3 is 10.8 Å². The highest BCUT2D eigenvalue weighted by molar-refractivity contribution is 5.27. The van der Waals surface area contributed by atoms with E-state index in [1.165, 1.54) is 38.5 Å². The molecule has 0 aliphatic heterocycles. The monoisotopic (exact) mass is 262 g/mol. The van der Waals surface area contributed by atoms with E-state index in [-0.39, 0.29) is 5.54 Å². The molecule has 0 bridgehead atoms. The van der Waals surface area contributed by atoms with Crippen molar-refractivity contribution in [3.05, 3.63) is 29.8 Å². The summed E-state index contributed by atoms with van der Waals surface area (Å²) in [4.78, 5) is 2.40. The number of phenolic OH excluding ortho intramolecular Hbond substituents is 1. The van der Waals surface area contributed by atoms with Crippen LogP contribution < -0.4 is 5.73 Å². The molecule has 0 heterocycles. The third-order valence-electron chi connectivity index (χ3n) is 4.55. The highest BCUT2D eigenvalue weighted by Gasteiger charge is 2.33. The van der Waals surface area contributed by atoms with Crippen LogP contribution in [0.15, 0.2) is 24.3 Å². The normalized spacial score (nSPS) is 19.3. The maximum atomic E-state index is 9.56. The first-order valence-corrected chi connectivity index (χ1v) is 7.35. The Kier molecular flexibility index (Phi) is 4.83. The van der Waals surface area contributed by atoms with Crippen LogP contribution in [0.4, 0.5) is 0 Å². The Hall–Kier alpha value is -1.06. The van der Waals surface area contributed by atoms with E-state index >= 15 is 0 Å². The number of phenols is 1. The van der Waals surface area contributed by atoms with E-state index < -0.39 is 0 Å². The van der Waals surface area contributed by atoms with Crippen molar-refractivity contribution in [2.24, 2.45) is 5.73 Å². The Labute approximate surface area is 116 Å². The van der Waals surface area contributed by atoms with Gasteiger partial charge in [-0.05, 0) is 37.6 Å². The summed E-state index contributed by atoms with van der Waals surface area (Å²) in [6.45, 7) is 1.58. The van der Waals surface area contributed by atoms with Crippen molar-refractivity contribution in [2.75, 3.05) is 13.6 Å². The molecule has 0 atom stereocenters. The van der Waals surface area contributed by atoms with Crippen LogP contribution in [0.1, 0.15) is 44.1 Å². The molecule has 0 radical (unpaired) electrons. The standard InChI is InChI=1S/C16H26N2O/c1-18(12-14-7-6-8-15(19)11-14)16(13-17)9-4-2-3-5-10-16/h6-8,11,19H,2-5,9-10,12-13,17H2,1H3. The second-order valence-corrected chi connectivity index (χ2v) is 5.87. The Morgan fingerprint density at radius 3 is 2.47 bits per heavy atom. The molecule has 1 saturated carbocycles. The minimum Gasteiger partial charge on any atom is -0.508 e. The van der Waals surface area contributed by atoms with Crippen molar-refractivity contribution in [1.82, 2.24) is 4.90 Å². The van der Waals surface area contributed by atoms with Gasteiger partial charge in [0.25, 0.3) is 0 Å². The molecule has 1 aliphatic carbocycles. The van der Waals surface area contributed by atoms with Crippen LogP contribution in [0, 0.1) is 0 Å². The number of rotatable bonds is 4. The fourth-order valence-corrected chi connectivity index (χ4v) is 3.22. The van der Waals surface area contributed by atoms with Gasteiger partial charge in [0.1, 0.15) is 5.75 Å². The van der Waals surface area contributed by atoms with Crippen LogP contribution in [0.25, 0.3) is 0 Å². The first-order chi connectivity index (χ1) is 9.16.